The second kappa shape index (κ2) is 5.82. The monoisotopic (exact) mass is 202 g/mol. The standard InChI is InChI=1S/C12H14N2O/c1-10-6-7-12(14-9-10)5-3-4-8-13-11(2)15/h6-7,9H,4,8H2,1-2H3,(H,13,15). The molecule has 1 rings (SSSR count). The maximum Gasteiger partial charge on any atom is 0.216 e. The number of nitrogens with zero attached hydrogens (tertiary/aromatic N) is 1. The Morgan fingerprint density at radius 2 is 2.33 bits per heavy atom. The molecule has 1 aromatic heterocycles. The van der Waals surface area contributed by atoms with Crippen molar-refractivity contribution < 1.29 is 4.79 Å². The summed E-state index contributed by atoms with van der Waals surface area (Å²) >= 11 is 0. The van der Waals surface area contributed by atoms with Crippen molar-refractivity contribution in [1.29, 1.82) is 0 Å². The van der Waals surface area contributed by atoms with E-state index in [4.69, 9.17) is 0 Å². The molecule has 1 N–H and O–H groups in total. The lowest BCUT2D eigenvalue weighted by Crippen LogP contribution is -2.20. The van der Waals surface area contributed by atoms with E-state index in [0.717, 1.165) is 11.3 Å². The Hall–Kier alpha value is -1.82. The Kier molecular flexibility index (Phi) is 4.36. The summed E-state index contributed by atoms with van der Waals surface area (Å²) in [6.07, 6.45) is 2.44. The maximum atomic E-state index is 10.5. The minimum Gasteiger partial charge on any atom is -0.355 e. The average Bonchev–Trinajstić information content (AvgIpc) is 2.20. The maximum absolute atomic E-state index is 10.5. The van der Waals surface area contributed by atoms with Crippen molar-refractivity contribution in [2.75, 3.05) is 6.54 Å². The quantitative estimate of drug-likeness (QED) is 0.579. The van der Waals surface area contributed by atoms with Crippen molar-refractivity contribution in [3.8, 4) is 11.8 Å². The third-order valence-electron chi connectivity index (χ3n) is 1.75. The molecule has 0 fully saturated rings. The molecule has 15 heavy (non-hydrogen) atoms. The van der Waals surface area contributed by atoms with Crippen LogP contribution in [0.1, 0.15) is 24.6 Å². The molecule has 0 atom stereocenters. The number of pyridine rings is 1. The summed E-state index contributed by atoms with van der Waals surface area (Å²) in [6, 6.07) is 3.87. The zero-order valence-corrected chi connectivity index (χ0v) is 9.00. The molecule has 1 amide bonds. The number of amides is 1. The lowest BCUT2D eigenvalue weighted by molar-refractivity contribution is -0.118. The van der Waals surface area contributed by atoms with Crippen molar-refractivity contribution >= 4 is 5.91 Å². The summed E-state index contributed by atoms with van der Waals surface area (Å²) in [7, 11) is 0. The lowest BCUT2D eigenvalue weighted by atomic mass is 10.3. The van der Waals surface area contributed by atoms with Crippen molar-refractivity contribution in [3.05, 3.63) is 29.6 Å². The summed E-state index contributed by atoms with van der Waals surface area (Å²) in [5.74, 6) is 5.86. The van der Waals surface area contributed by atoms with E-state index in [0.29, 0.717) is 13.0 Å². The lowest BCUT2D eigenvalue weighted by Gasteiger charge is -1.94. The fraction of sp³-hybridized carbons (Fsp3) is 0.333. The van der Waals surface area contributed by atoms with E-state index in [1.54, 1.807) is 6.20 Å². The Morgan fingerprint density at radius 3 is 2.93 bits per heavy atom. The van der Waals surface area contributed by atoms with E-state index in [-0.39, 0.29) is 5.91 Å². The molecule has 0 radical (unpaired) electrons. The van der Waals surface area contributed by atoms with Gasteiger partial charge in [0.15, 0.2) is 0 Å². The van der Waals surface area contributed by atoms with Gasteiger partial charge in [-0.05, 0) is 24.5 Å². The van der Waals surface area contributed by atoms with E-state index in [1.807, 2.05) is 19.1 Å². The van der Waals surface area contributed by atoms with E-state index in [9.17, 15) is 4.79 Å². The van der Waals surface area contributed by atoms with Crippen LogP contribution in [0.5, 0.6) is 0 Å². The molecule has 0 saturated heterocycles. The van der Waals surface area contributed by atoms with Gasteiger partial charge in [-0.3, -0.25) is 4.79 Å². The third kappa shape index (κ3) is 4.82. The largest absolute Gasteiger partial charge is 0.355 e. The molecule has 0 unspecified atom stereocenters. The van der Waals surface area contributed by atoms with Crippen molar-refractivity contribution in [2.24, 2.45) is 0 Å². The molecule has 3 nitrogen and oxygen atoms in total. The molecule has 0 spiro atoms. The van der Waals surface area contributed by atoms with Crippen LogP contribution in [0, 0.1) is 18.8 Å². The number of hydrogen-bond acceptors (Lipinski definition) is 2. The first-order valence-electron chi connectivity index (χ1n) is 4.84. The minimum atomic E-state index is -0.0229. The Bertz CT molecular complexity index is 384. The first kappa shape index (κ1) is 11.3. The van der Waals surface area contributed by atoms with E-state index >= 15 is 0 Å². The fourth-order valence-electron chi connectivity index (χ4n) is 0.996. The number of carbonyl (C=O) groups is 1. The highest BCUT2D eigenvalue weighted by Crippen LogP contribution is 1.96. The van der Waals surface area contributed by atoms with Crippen LogP contribution in [-0.2, 0) is 4.79 Å². The number of nitrogens with one attached hydrogen (secondary N) is 1. The van der Waals surface area contributed by atoms with Gasteiger partial charge in [0.25, 0.3) is 0 Å². The summed E-state index contributed by atoms with van der Waals surface area (Å²) < 4.78 is 0. The number of carbonyl (C=O) groups excluding carboxylic acids is 1. The molecule has 1 heterocycles. The predicted molar refractivity (Wildman–Crippen MR) is 59.2 cm³/mol. The van der Waals surface area contributed by atoms with Gasteiger partial charge in [-0.25, -0.2) is 4.98 Å². The zero-order valence-electron chi connectivity index (χ0n) is 9.00. The first-order valence-corrected chi connectivity index (χ1v) is 4.84. The second-order valence-electron chi connectivity index (χ2n) is 3.26. The van der Waals surface area contributed by atoms with Crippen LogP contribution in [0.4, 0.5) is 0 Å². The van der Waals surface area contributed by atoms with Crippen LogP contribution >= 0.6 is 0 Å². The van der Waals surface area contributed by atoms with Gasteiger partial charge in [-0.2, -0.15) is 0 Å². The van der Waals surface area contributed by atoms with E-state index in [1.165, 1.54) is 6.92 Å². The van der Waals surface area contributed by atoms with Crippen LogP contribution in [0.15, 0.2) is 18.3 Å². The molecule has 0 aliphatic heterocycles. The van der Waals surface area contributed by atoms with Gasteiger partial charge in [0.1, 0.15) is 5.69 Å². The Balaban J connectivity index is 2.38. The van der Waals surface area contributed by atoms with Crippen molar-refractivity contribution in [3.63, 3.8) is 0 Å². The van der Waals surface area contributed by atoms with Crippen molar-refractivity contribution in [1.82, 2.24) is 10.3 Å². The minimum absolute atomic E-state index is 0.0229. The number of hydrogen-bond donors (Lipinski definition) is 1. The predicted octanol–water partition coefficient (Wildman–Crippen LogP) is 1.27. The van der Waals surface area contributed by atoms with Gasteiger partial charge in [0.05, 0.1) is 0 Å². The van der Waals surface area contributed by atoms with Crippen LogP contribution in [-0.4, -0.2) is 17.4 Å². The molecule has 78 valence electrons. The van der Waals surface area contributed by atoms with Gasteiger partial charge in [-0.1, -0.05) is 12.0 Å². The summed E-state index contributed by atoms with van der Waals surface area (Å²) in [5, 5.41) is 2.68. The summed E-state index contributed by atoms with van der Waals surface area (Å²) in [5.41, 5.74) is 1.89. The molecule has 0 bridgehead atoms. The Morgan fingerprint density at radius 1 is 1.53 bits per heavy atom. The highest BCUT2D eigenvalue weighted by Gasteiger charge is 1.88. The molecule has 0 saturated carbocycles. The van der Waals surface area contributed by atoms with Crippen LogP contribution < -0.4 is 5.32 Å². The molecule has 0 aliphatic rings. The SMILES string of the molecule is CC(=O)NCCC#Cc1ccc(C)cn1. The summed E-state index contributed by atoms with van der Waals surface area (Å²) in [4.78, 5) is 14.7. The topological polar surface area (TPSA) is 42.0 Å². The number of rotatable bonds is 2. The zero-order chi connectivity index (χ0) is 11.1. The third-order valence-corrected chi connectivity index (χ3v) is 1.75. The van der Waals surface area contributed by atoms with Gasteiger partial charge < -0.3 is 5.32 Å². The van der Waals surface area contributed by atoms with Crippen LogP contribution in [0.2, 0.25) is 0 Å². The number of aromatic nitrogens is 1. The summed E-state index contributed by atoms with van der Waals surface area (Å²) in [6.45, 7) is 4.07. The highest BCUT2D eigenvalue weighted by molar-refractivity contribution is 5.72. The van der Waals surface area contributed by atoms with E-state index in [2.05, 4.69) is 22.1 Å². The van der Waals surface area contributed by atoms with Crippen molar-refractivity contribution in [2.45, 2.75) is 20.3 Å². The van der Waals surface area contributed by atoms with Crippen LogP contribution in [0.25, 0.3) is 0 Å². The molecular weight excluding hydrogens is 188 g/mol. The van der Waals surface area contributed by atoms with Crippen LogP contribution in [0.3, 0.4) is 0 Å². The molecule has 0 aromatic carbocycles. The fourth-order valence-corrected chi connectivity index (χ4v) is 0.996. The number of aryl methyl sites for hydroxylation is 1. The van der Waals surface area contributed by atoms with Gasteiger partial charge in [-0.15, -0.1) is 0 Å². The average molecular weight is 202 g/mol. The highest BCUT2D eigenvalue weighted by atomic mass is 16.1. The molecular formula is C12H14N2O. The molecule has 0 aliphatic carbocycles. The van der Waals surface area contributed by atoms with Gasteiger partial charge in [0.2, 0.25) is 5.91 Å². The van der Waals surface area contributed by atoms with Gasteiger partial charge >= 0.3 is 0 Å². The Labute approximate surface area is 89.9 Å². The normalized spacial score (nSPS) is 8.93. The second-order valence-corrected chi connectivity index (χ2v) is 3.26. The smallest absolute Gasteiger partial charge is 0.216 e. The first-order chi connectivity index (χ1) is 7.18. The van der Waals surface area contributed by atoms with Gasteiger partial charge in [0, 0.05) is 26.1 Å². The van der Waals surface area contributed by atoms with E-state index < -0.39 is 0 Å². The molecule has 3 heteroatoms. The molecule has 1 aromatic rings.